The number of ether oxygens (including phenoxy) is 2. The highest BCUT2D eigenvalue weighted by Gasteiger charge is 2.38. The number of carbonyl (C=O) groups excluding carboxylic acids is 1. The molecule has 8 heteroatoms. The number of hydrogen-bond acceptors (Lipinski definition) is 7. The molecule has 2 aromatic rings. The van der Waals surface area contributed by atoms with Crippen molar-refractivity contribution in [1.29, 1.82) is 0 Å². The van der Waals surface area contributed by atoms with Gasteiger partial charge in [-0.1, -0.05) is 31.2 Å². The Morgan fingerprint density at radius 1 is 1.20 bits per heavy atom. The summed E-state index contributed by atoms with van der Waals surface area (Å²) in [6.07, 6.45) is 4.21. The van der Waals surface area contributed by atoms with Crippen molar-refractivity contribution in [1.82, 2.24) is 9.97 Å². The van der Waals surface area contributed by atoms with Crippen LogP contribution in [-0.4, -0.2) is 28.3 Å². The zero-order valence-electron chi connectivity index (χ0n) is 16.7. The molecule has 30 heavy (non-hydrogen) atoms. The maximum Gasteiger partial charge on any atom is 0.257 e. The van der Waals surface area contributed by atoms with Gasteiger partial charge in [-0.15, -0.1) is 0 Å². The van der Waals surface area contributed by atoms with Gasteiger partial charge in [0, 0.05) is 29.4 Å². The van der Waals surface area contributed by atoms with E-state index in [4.69, 9.17) is 14.5 Å². The summed E-state index contributed by atoms with van der Waals surface area (Å²) in [5.41, 5.74) is 2.67. The highest BCUT2D eigenvalue weighted by molar-refractivity contribution is 7.99. The molecule has 0 unspecified atom stereocenters. The minimum Gasteiger partial charge on any atom is -0.454 e. The molecule has 1 aromatic heterocycles. The van der Waals surface area contributed by atoms with E-state index in [9.17, 15) is 9.59 Å². The number of fused-ring (bicyclic) bond motifs is 2. The van der Waals surface area contributed by atoms with Gasteiger partial charge in [-0.05, 0) is 37.0 Å². The molecule has 3 aliphatic rings. The van der Waals surface area contributed by atoms with E-state index in [2.05, 4.69) is 17.2 Å². The Morgan fingerprint density at radius 3 is 2.93 bits per heavy atom. The van der Waals surface area contributed by atoms with E-state index in [0.717, 1.165) is 42.7 Å². The lowest BCUT2D eigenvalue weighted by Gasteiger charge is -2.32. The van der Waals surface area contributed by atoms with Gasteiger partial charge in [0.1, 0.15) is 5.82 Å². The van der Waals surface area contributed by atoms with Crippen LogP contribution in [0.2, 0.25) is 0 Å². The first kappa shape index (κ1) is 19.2. The van der Waals surface area contributed by atoms with Crippen molar-refractivity contribution >= 4 is 23.4 Å². The number of unbranched alkanes of at least 4 members (excludes halogenated alkanes) is 1. The van der Waals surface area contributed by atoms with Crippen molar-refractivity contribution in [3.63, 3.8) is 0 Å². The molecular formula is C22H23N3O4S. The van der Waals surface area contributed by atoms with E-state index < -0.39 is 5.92 Å². The average molecular weight is 426 g/mol. The van der Waals surface area contributed by atoms with Crippen LogP contribution < -0.4 is 20.3 Å². The number of Topliss-reactive ketones (excluding diaryl/α,β-unsaturated/α-hetero) is 1. The van der Waals surface area contributed by atoms with Crippen LogP contribution in [0.15, 0.2) is 39.4 Å². The standard InChI is InChI=1S/C22H23N3O4S/c1-2-3-9-30-22-24-20-19(21(27)25-22)17(18-13(23-20)5-4-6-14(18)26)12-7-8-15-16(10-12)29-11-28-15/h7-8,10,17H,2-6,9,11H2,1H3,(H2,23,24,25,27)/t17-/m1/s1. The Kier molecular flexibility index (Phi) is 5.02. The van der Waals surface area contributed by atoms with Crippen molar-refractivity contribution in [2.45, 2.75) is 50.1 Å². The predicted molar refractivity (Wildman–Crippen MR) is 114 cm³/mol. The Balaban J connectivity index is 1.63. The van der Waals surface area contributed by atoms with E-state index in [1.807, 2.05) is 18.2 Å². The molecule has 0 fully saturated rings. The molecule has 5 rings (SSSR count). The van der Waals surface area contributed by atoms with Crippen molar-refractivity contribution in [2.24, 2.45) is 0 Å². The van der Waals surface area contributed by atoms with Gasteiger partial charge in [0.25, 0.3) is 5.56 Å². The third kappa shape index (κ3) is 3.29. The number of thioether (sulfide) groups is 1. The third-order valence-corrected chi connectivity index (χ3v) is 6.66. The van der Waals surface area contributed by atoms with Crippen LogP contribution in [-0.2, 0) is 4.79 Å². The molecular weight excluding hydrogens is 402 g/mol. The lowest BCUT2D eigenvalue weighted by Crippen LogP contribution is -2.32. The number of rotatable bonds is 5. The van der Waals surface area contributed by atoms with Gasteiger partial charge in [0.15, 0.2) is 22.4 Å². The molecule has 1 aliphatic carbocycles. The monoisotopic (exact) mass is 425 g/mol. The first-order valence-electron chi connectivity index (χ1n) is 10.4. The van der Waals surface area contributed by atoms with Crippen molar-refractivity contribution in [3.05, 3.63) is 50.9 Å². The number of H-pyrrole nitrogens is 1. The molecule has 0 saturated heterocycles. The number of allylic oxidation sites excluding steroid dienone is 2. The van der Waals surface area contributed by atoms with Crippen molar-refractivity contribution in [3.8, 4) is 11.5 Å². The molecule has 156 valence electrons. The second-order valence-corrected chi connectivity index (χ2v) is 8.76. The maximum atomic E-state index is 13.2. The van der Waals surface area contributed by atoms with Gasteiger partial charge >= 0.3 is 0 Å². The molecule has 7 nitrogen and oxygen atoms in total. The normalized spacial score (nSPS) is 19.4. The predicted octanol–water partition coefficient (Wildman–Crippen LogP) is 3.96. The largest absolute Gasteiger partial charge is 0.454 e. The first-order valence-corrected chi connectivity index (χ1v) is 11.3. The maximum absolute atomic E-state index is 13.2. The molecule has 2 N–H and O–H groups in total. The highest BCUT2D eigenvalue weighted by Crippen LogP contribution is 2.45. The smallest absolute Gasteiger partial charge is 0.257 e. The van der Waals surface area contributed by atoms with Gasteiger partial charge < -0.3 is 19.8 Å². The molecule has 0 spiro atoms. The summed E-state index contributed by atoms with van der Waals surface area (Å²) in [5, 5.41) is 3.92. The van der Waals surface area contributed by atoms with Gasteiger partial charge in [-0.2, -0.15) is 0 Å². The van der Waals surface area contributed by atoms with Gasteiger partial charge in [-0.3, -0.25) is 9.59 Å². The summed E-state index contributed by atoms with van der Waals surface area (Å²) in [6, 6.07) is 5.62. The second-order valence-electron chi connectivity index (χ2n) is 7.68. The van der Waals surface area contributed by atoms with E-state index in [1.165, 1.54) is 0 Å². The van der Waals surface area contributed by atoms with Crippen LogP contribution in [0.4, 0.5) is 5.82 Å². The molecule has 0 radical (unpaired) electrons. The fourth-order valence-corrected chi connectivity index (χ4v) is 5.20. The fraction of sp³-hybridized carbons (Fsp3) is 0.409. The zero-order valence-corrected chi connectivity index (χ0v) is 17.6. The van der Waals surface area contributed by atoms with E-state index in [1.54, 1.807) is 11.8 Å². The molecule has 1 atom stereocenters. The number of nitrogens with one attached hydrogen (secondary N) is 2. The number of nitrogens with zero attached hydrogens (tertiary/aromatic N) is 1. The van der Waals surface area contributed by atoms with Crippen LogP contribution >= 0.6 is 11.8 Å². The van der Waals surface area contributed by atoms with Crippen LogP contribution in [0.5, 0.6) is 11.5 Å². The van der Waals surface area contributed by atoms with Crippen LogP contribution in [0.1, 0.15) is 56.1 Å². The van der Waals surface area contributed by atoms with E-state index >= 15 is 0 Å². The topological polar surface area (TPSA) is 93.3 Å². The second kappa shape index (κ2) is 7.83. The fourth-order valence-electron chi connectivity index (χ4n) is 4.25. The van der Waals surface area contributed by atoms with Crippen LogP contribution in [0, 0.1) is 0 Å². The molecule has 3 heterocycles. The van der Waals surface area contributed by atoms with Gasteiger partial charge in [-0.25, -0.2) is 4.98 Å². The molecule has 0 amide bonds. The Bertz CT molecular complexity index is 1110. The molecule has 0 saturated carbocycles. The summed E-state index contributed by atoms with van der Waals surface area (Å²) >= 11 is 1.55. The summed E-state index contributed by atoms with van der Waals surface area (Å²) in [4.78, 5) is 33.7. The van der Waals surface area contributed by atoms with Gasteiger partial charge in [0.2, 0.25) is 6.79 Å². The lowest BCUT2D eigenvalue weighted by atomic mass is 9.76. The summed E-state index contributed by atoms with van der Waals surface area (Å²) in [5.74, 6) is 2.37. The minimum absolute atomic E-state index is 0.0814. The highest BCUT2D eigenvalue weighted by atomic mass is 32.2. The molecule has 2 aliphatic heterocycles. The molecule has 1 aromatic carbocycles. The number of carbonyl (C=O) groups is 1. The number of aromatic nitrogens is 2. The Hall–Kier alpha value is -2.74. The summed E-state index contributed by atoms with van der Waals surface area (Å²) < 4.78 is 11.0. The average Bonchev–Trinajstić information content (AvgIpc) is 3.20. The summed E-state index contributed by atoms with van der Waals surface area (Å²) in [6.45, 7) is 2.31. The summed E-state index contributed by atoms with van der Waals surface area (Å²) in [7, 11) is 0. The number of hydrogen-bond donors (Lipinski definition) is 2. The quantitative estimate of drug-likeness (QED) is 0.425. The number of aromatic amines is 1. The number of benzene rings is 1. The number of anilines is 1. The van der Waals surface area contributed by atoms with E-state index in [0.29, 0.717) is 40.0 Å². The molecule has 0 bridgehead atoms. The number of ketones is 1. The van der Waals surface area contributed by atoms with Crippen LogP contribution in [0.25, 0.3) is 0 Å². The third-order valence-electron chi connectivity index (χ3n) is 5.70. The van der Waals surface area contributed by atoms with Crippen molar-refractivity contribution in [2.75, 3.05) is 17.9 Å². The lowest BCUT2D eigenvalue weighted by molar-refractivity contribution is -0.116. The Morgan fingerprint density at radius 2 is 2.07 bits per heavy atom. The van der Waals surface area contributed by atoms with E-state index in [-0.39, 0.29) is 18.1 Å². The Labute approximate surface area is 178 Å². The SMILES string of the molecule is CCCCSc1nc2c(c(=O)[nH]1)[C@H](c1ccc3c(c1)OCO3)C1=C(CCCC1=O)N2. The van der Waals surface area contributed by atoms with Crippen molar-refractivity contribution < 1.29 is 14.3 Å². The minimum atomic E-state index is -0.468. The van der Waals surface area contributed by atoms with Crippen LogP contribution in [0.3, 0.4) is 0 Å². The zero-order chi connectivity index (χ0) is 20.7. The van der Waals surface area contributed by atoms with Gasteiger partial charge in [0.05, 0.1) is 5.56 Å². The first-order chi connectivity index (χ1) is 14.7.